The quantitative estimate of drug-likeness (QED) is 0.651. The van der Waals surface area contributed by atoms with Gasteiger partial charge in [-0.05, 0) is 38.0 Å². The zero-order chi connectivity index (χ0) is 14.3. The monoisotopic (exact) mass is 270 g/mol. The van der Waals surface area contributed by atoms with Gasteiger partial charge >= 0.3 is 5.97 Å². The average molecular weight is 270 g/mol. The van der Waals surface area contributed by atoms with Crippen molar-refractivity contribution in [2.45, 2.75) is 45.4 Å². The van der Waals surface area contributed by atoms with Gasteiger partial charge in [-0.3, -0.25) is 9.59 Å². The Labute approximate surface area is 114 Å². The summed E-state index contributed by atoms with van der Waals surface area (Å²) < 4.78 is 0. The molecule has 0 aromatic heterocycles. The highest BCUT2D eigenvalue weighted by molar-refractivity contribution is 5.78. The molecule has 110 valence electrons. The van der Waals surface area contributed by atoms with Crippen molar-refractivity contribution in [3.05, 3.63) is 0 Å². The zero-order valence-corrected chi connectivity index (χ0v) is 11.7. The van der Waals surface area contributed by atoms with E-state index in [0.717, 1.165) is 38.5 Å². The van der Waals surface area contributed by atoms with Crippen LogP contribution in [0.5, 0.6) is 0 Å². The van der Waals surface area contributed by atoms with Gasteiger partial charge in [-0.25, -0.2) is 0 Å². The van der Waals surface area contributed by atoms with E-state index in [9.17, 15) is 9.59 Å². The molecule has 1 fully saturated rings. The van der Waals surface area contributed by atoms with Gasteiger partial charge < -0.3 is 16.2 Å². The molecule has 4 N–H and O–H groups in total. The Kier molecular flexibility index (Phi) is 6.84. The highest BCUT2D eigenvalue weighted by Crippen LogP contribution is 2.28. The zero-order valence-electron chi connectivity index (χ0n) is 11.7. The van der Waals surface area contributed by atoms with E-state index in [1.54, 1.807) is 0 Å². The molecule has 0 spiro atoms. The molecule has 1 aliphatic rings. The molecule has 0 aromatic carbocycles. The molecule has 1 aliphatic carbocycles. The summed E-state index contributed by atoms with van der Waals surface area (Å²) in [5.74, 6) is -0.498. The molecular formula is C14H26N2O3. The summed E-state index contributed by atoms with van der Waals surface area (Å²) in [5.41, 5.74) is 5.59. The van der Waals surface area contributed by atoms with Crippen LogP contribution in [0.25, 0.3) is 0 Å². The molecule has 19 heavy (non-hydrogen) atoms. The van der Waals surface area contributed by atoms with Gasteiger partial charge in [-0.1, -0.05) is 13.3 Å². The van der Waals surface area contributed by atoms with Crippen molar-refractivity contribution in [3.8, 4) is 0 Å². The number of carboxylic acid groups (broad SMARTS) is 1. The second-order valence-corrected chi connectivity index (χ2v) is 5.52. The van der Waals surface area contributed by atoms with Gasteiger partial charge in [0.05, 0.1) is 11.8 Å². The summed E-state index contributed by atoms with van der Waals surface area (Å²) >= 11 is 0. The van der Waals surface area contributed by atoms with E-state index in [4.69, 9.17) is 10.8 Å². The minimum Gasteiger partial charge on any atom is -0.481 e. The van der Waals surface area contributed by atoms with E-state index in [-0.39, 0.29) is 17.7 Å². The predicted octanol–water partition coefficient (Wildman–Crippen LogP) is 1.37. The summed E-state index contributed by atoms with van der Waals surface area (Å²) in [4.78, 5) is 22.7. The van der Waals surface area contributed by atoms with Gasteiger partial charge in [-0.15, -0.1) is 0 Å². The third kappa shape index (κ3) is 5.19. The topological polar surface area (TPSA) is 92.4 Å². The summed E-state index contributed by atoms with van der Waals surface area (Å²) in [6.45, 7) is 3.10. The fourth-order valence-electron chi connectivity index (χ4n) is 2.71. The van der Waals surface area contributed by atoms with E-state index in [1.807, 2.05) is 6.92 Å². The number of hydrogen-bond acceptors (Lipinski definition) is 3. The van der Waals surface area contributed by atoms with Gasteiger partial charge in [-0.2, -0.15) is 0 Å². The van der Waals surface area contributed by atoms with Crippen LogP contribution in [0.2, 0.25) is 0 Å². The summed E-state index contributed by atoms with van der Waals surface area (Å²) in [7, 11) is 0. The lowest BCUT2D eigenvalue weighted by atomic mass is 9.82. The van der Waals surface area contributed by atoms with Crippen molar-refractivity contribution < 1.29 is 14.7 Å². The van der Waals surface area contributed by atoms with E-state index in [1.165, 1.54) is 0 Å². The van der Waals surface area contributed by atoms with Crippen LogP contribution in [0.3, 0.4) is 0 Å². The summed E-state index contributed by atoms with van der Waals surface area (Å²) in [6.07, 6.45) is 5.01. The van der Waals surface area contributed by atoms with Crippen molar-refractivity contribution in [2.24, 2.45) is 23.5 Å². The predicted molar refractivity (Wildman–Crippen MR) is 73.5 cm³/mol. The fraction of sp³-hybridized carbons (Fsp3) is 0.857. The lowest BCUT2D eigenvalue weighted by Crippen LogP contribution is -2.38. The van der Waals surface area contributed by atoms with Gasteiger partial charge in [0, 0.05) is 13.1 Å². The molecule has 5 nitrogen and oxygen atoms in total. The first-order valence-electron chi connectivity index (χ1n) is 7.29. The number of carbonyl (C=O) groups excluding carboxylic acids is 1. The van der Waals surface area contributed by atoms with Crippen LogP contribution in [0.15, 0.2) is 0 Å². The summed E-state index contributed by atoms with van der Waals surface area (Å²) in [6, 6.07) is 0. The minimum absolute atomic E-state index is 0.0460. The largest absolute Gasteiger partial charge is 0.481 e. The Morgan fingerprint density at radius 3 is 2.42 bits per heavy atom. The normalized spacial score (nSPS) is 24.7. The second-order valence-electron chi connectivity index (χ2n) is 5.52. The number of carboxylic acids is 1. The van der Waals surface area contributed by atoms with Crippen LogP contribution < -0.4 is 11.1 Å². The van der Waals surface area contributed by atoms with Crippen LogP contribution in [-0.4, -0.2) is 30.1 Å². The number of nitrogens with two attached hydrogens (primary N) is 1. The van der Waals surface area contributed by atoms with Crippen LogP contribution >= 0.6 is 0 Å². The van der Waals surface area contributed by atoms with Gasteiger partial charge in [0.15, 0.2) is 0 Å². The average Bonchev–Trinajstić information content (AvgIpc) is 2.42. The van der Waals surface area contributed by atoms with Gasteiger partial charge in [0.1, 0.15) is 0 Å². The Morgan fingerprint density at radius 1 is 1.32 bits per heavy atom. The van der Waals surface area contributed by atoms with E-state index < -0.39 is 5.97 Å². The van der Waals surface area contributed by atoms with Crippen LogP contribution in [0.4, 0.5) is 0 Å². The minimum atomic E-state index is -0.686. The molecule has 0 heterocycles. The lowest BCUT2D eigenvalue weighted by Gasteiger charge is -2.26. The van der Waals surface area contributed by atoms with Crippen LogP contribution in [-0.2, 0) is 9.59 Å². The molecule has 1 amide bonds. The Bertz CT molecular complexity index is 299. The molecule has 0 bridgehead atoms. The molecule has 1 rings (SSSR count). The maximum Gasteiger partial charge on any atom is 0.306 e. The van der Waals surface area contributed by atoms with Crippen molar-refractivity contribution in [3.63, 3.8) is 0 Å². The SMILES string of the molecule is CCCC(CN)C(=O)NCC1CCC(C(=O)O)CC1. The maximum atomic E-state index is 11.9. The molecule has 0 aliphatic heterocycles. The number of hydrogen-bond donors (Lipinski definition) is 3. The first-order chi connectivity index (χ1) is 9.08. The number of amides is 1. The summed E-state index contributed by atoms with van der Waals surface area (Å²) in [5, 5.41) is 11.9. The number of nitrogens with one attached hydrogen (secondary N) is 1. The smallest absolute Gasteiger partial charge is 0.306 e. The van der Waals surface area contributed by atoms with Crippen molar-refractivity contribution >= 4 is 11.9 Å². The fourth-order valence-corrected chi connectivity index (χ4v) is 2.71. The molecule has 0 aromatic rings. The molecule has 1 unspecified atom stereocenters. The molecule has 1 atom stereocenters. The second kappa shape index (κ2) is 8.15. The molecule has 0 radical (unpaired) electrons. The lowest BCUT2D eigenvalue weighted by molar-refractivity contribution is -0.143. The van der Waals surface area contributed by atoms with E-state index in [0.29, 0.717) is 19.0 Å². The maximum absolute atomic E-state index is 11.9. The Balaban J connectivity index is 2.26. The molecule has 5 heteroatoms. The van der Waals surface area contributed by atoms with Gasteiger partial charge in [0.25, 0.3) is 0 Å². The third-order valence-corrected chi connectivity index (χ3v) is 4.05. The van der Waals surface area contributed by atoms with Crippen molar-refractivity contribution in [1.29, 1.82) is 0 Å². The van der Waals surface area contributed by atoms with Crippen LogP contribution in [0.1, 0.15) is 45.4 Å². The third-order valence-electron chi connectivity index (χ3n) is 4.05. The van der Waals surface area contributed by atoms with Crippen molar-refractivity contribution in [1.82, 2.24) is 5.32 Å². The number of carbonyl (C=O) groups is 2. The first-order valence-corrected chi connectivity index (χ1v) is 7.29. The number of rotatable bonds is 7. The highest BCUT2D eigenvalue weighted by Gasteiger charge is 2.26. The molecular weight excluding hydrogens is 244 g/mol. The van der Waals surface area contributed by atoms with E-state index in [2.05, 4.69) is 5.32 Å². The highest BCUT2D eigenvalue weighted by atomic mass is 16.4. The Morgan fingerprint density at radius 2 is 1.95 bits per heavy atom. The molecule has 0 saturated heterocycles. The van der Waals surface area contributed by atoms with Crippen molar-refractivity contribution in [2.75, 3.05) is 13.1 Å². The Hall–Kier alpha value is -1.10. The van der Waals surface area contributed by atoms with Gasteiger partial charge in [0.2, 0.25) is 5.91 Å². The first kappa shape index (κ1) is 16.0. The molecule has 1 saturated carbocycles. The van der Waals surface area contributed by atoms with E-state index >= 15 is 0 Å². The standard InChI is InChI=1S/C14H26N2O3/c1-2-3-12(8-15)13(17)16-9-10-4-6-11(7-5-10)14(18)19/h10-12H,2-9,15H2,1H3,(H,16,17)(H,18,19). The van der Waals surface area contributed by atoms with Crippen LogP contribution in [0, 0.1) is 17.8 Å². The number of aliphatic carboxylic acids is 1.